The summed E-state index contributed by atoms with van der Waals surface area (Å²) in [5.74, 6) is 0.386. The number of aromatic nitrogens is 1. The van der Waals surface area contributed by atoms with Crippen molar-refractivity contribution in [3.8, 4) is 5.88 Å². The molecule has 0 aliphatic carbocycles. The summed E-state index contributed by atoms with van der Waals surface area (Å²) in [5.41, 5.74) is 0.612. The summed E-state index contributed by atoms with van der Waals surface area (Å²) in [4.78, 5) is 16.7. The quantitative estimate of drug-likeness (QED) is 0.929. The molecule has 0 spiro atoms. The lowest BCUT2D eigenvalue weighted by molar-refractivity contribution is -0.0693. The molecule has 1 aromatic heterocycles. The van der Waals surface area contributed by atoms with Gasteiger partial charge in [0, 0.05) is 6.07 Å². The zero-order chi connectivity index (χ0) is 15.8. The normalized spacial score (nSPS) is 22.9. The molecule has 5 nitrogen and oxygen atoms in total. The topological polar surface area (TPSA) is 60.5 Å². The van der Waals surface area contributed by atoms with Crippen molar-refractivity contribution in [2.24, 2.45) is 0 Å². The second-order valence-electron chi connectivity index (χ2n) is 6.68. The number of nitrogens with zero attached hydrogens (tertiary/aromatic N) is 1. The first-order valence-corrected chi connectivity index (χ1v) is 7.17. The van der Waals surface area contributed by atoms with Gasteiger partial charge in [0.25, 0.3) is 5.91 Å². The van der Waals surface area contributed by atoms with Crippen molar-refractivity contribution in [1.82, 2.24) is 10.3 Å². The van der Waals surface area contributed by atoms with Crippen LogP contribution in [0.25, 0.3) is 0 Å². The van der Waals surface area contributed by atoms with Crippen LogP contribution >= 0.6 is 0 Å². The van der Waals surface area contributed by atoms with Crippen LogP contribution in [0.1, 0.15) is 50.2 Å². The van der Waals surface area contributed by atoms with Crippen molar-refractivity contribution in [2.75, 3.05) is 7.11 Å². The summed E-state index contributed by atoms with van der Waals surface area (Å²) < 4.78 is 11.1. The molecule has 0 radical (unpaired) electrons. The van der Waals surface area contributed by atoms with E-state index in [1.807, 2.05) is 27.7 Å². The fourth-order valence-electron chi connectivity index (χ4n) is 2.91. The van der Waals surface area contributed by atoms with Gasteiger partial charge in [-0.15, -0.1) is 0 Å². The monoisotopic (exact) mass is 292 g/mol. The van der Waals surface area contributed by atoms with Gasteiger partial charge in [-0.3, -0.25) is 4.79 Å². The molecular weight excluding hydrogens is 268 g/mol. The Balaban J connectivity index is 2.15. The highest BCUT2D eigenvalue weighted by molar-refractivity contribution is 5.95. The molecule has 1 aromatic rings. The lowest BCUT2D eigenvalue weighted by Crippen LogP contribution is -2.46. The number of pyridine rings is 1. The van der Waals surface area contributed by atoms with Gasteiger partial charge in [-0.05, 0) is 47.1 Å². The Morgan fingerprint density at radius 3 is 2.52 bits per heavy atom. The molecule has 2 heterocycles. The fraction of sp³-hybridized carbons (Fsp3) is 0.625. The maximum atomic E-state index is 12.5. The summed E-state index contributed by atoms with van der Waals surface area (Å²) in [5, 5.41) is 3.07. The minimum absolute atomic E-state index is 0.0264. The maximum Gasteiger partial charge on any atom is 0.253 e. The molecule has 1 atom stereocenters. The van der Waals surface area contributed by atoms with Crippen LogP contribution in [0.15, 0.2) is 12.1 Å². The molecule has 2 rings (SSSR count). The van der Waals surface area contributed by atoms with E-state index in [0.717, 1.165) is 6.42 Å². The Bertz CT molecular complexity index is 552. The minimum atomic E-state index is -0.382. The van der Waals surface area contributed by atoms with Gasteiger partial charge < -0.3 is 14.8 Å². The van der Waals surface area contributed by atoms with E-state index in [0.29, 0.717) is 17.1 Å². The Hall–Kier alpha value is -1.62. The number of nitrogens with one attached hydrogen (secondary N) is 1. The summed E-state index contributed by atoms with van der Waals surface area (Å²) >= 11 is 0. The molecule has 1 unspecified atom stereocenters. The van der Waals surface area contributed by atoms with Crippen LogP contribution in [0.4, 0.5) is 0 Å². The molecule has 1 amide bonds. The number of carbonyl (C=O) groups excluding carboxylic acids is 1. The molecule has 21 heavy (non-hydrogen) atoms. The van der Waals surface area contributed by atoms with Crippen molar-refractivity contribution < 1.29 is 14.3 Å². The standard InChI is InChI=1S/C16H24N2O3/c1-10-11(7-8-13(17-10)20-6)14(19)18-12-9-15(2,3)21-16(12,4)5/h7-8,12H,9H2,1-6H3,(H,18,19). The van der Waals surface area contributed by atoms with Crippen LogP contribution in [0.3, 0.4) is 0 Å². The van der Waals surface area contributed by atoms with Crippen LogP contribution in [-0.2, 0) is 4.74 Å². The lowest BCUT2D eigenvalue weighted by atomic mass is 9.94. The molecule has 116 valence electrons. The van der Waals surface area contributed by atoms with Gasteiger partial charge in [0.05, 0.1) is 35.6 Å². The fourth-order valence-corrected chi connectivity index (χ4v) is 2.91. The van der Waals surface area contributed by atoms with Crippen molar-refractivity contribution in [2.45, 2.75) is 58.3 Å². The first kappa shape index (κ1) is 15.8. The van der Waals surface area contributed by atoms with E-state index in [4.69, 9.17) is 9.47 Å². The van der Waals surface area contributed by atoms with Crippen LogP contribution in [0, 0.1) is 6.92 Å². The Morgan fingerprint density at radius 1 is 1.38 bits per heavy atom. The van der Waals surface area contributed by atoms with E-state index in [2.05, 4.69) is 10.3 Å². The lowest BCUT2D eigenvalue weighted by Gasteiger charge is -2.27. The highest BCUT2D eigenvalue weighted by Crippen LogP contribution is 2.37. The molecule has 1 saturated heterocycles. The van der Waals surface area contributed by atoms with Gasteiger partial charge in [-0.2, -0.15) is 0 Å². The van der Waals surface area contributed by atoms with Crippen LogP contribution in [0.2, 0.25) is 0 Å². The summed E-state index contributed by atoms with van der Waals surface area (Å²) in [7, 11) is 1.56. The largest absolute Gasteiger partial charge is 0.481 e. The van der Waals surface area contributed by atoms with Crippen molar-refractivity contribution in [3.63, 3.8) is 0 Å². The minimum Gasteiger partial charge on any atom is -0.481 e. The third kappa shape index (κ3) is 3.35. The number of aryl methyl sites for hydroxylation is 1. The Labute approximate surface area is 126 Å². The highest BCUT2D eigenvalue weighted by Gasteiger charge is 2.46. The van der Waals surface area contributed by atoms with E-state index < -0.39 is 0 Å². The van der Waals surface area contributed by atoms with Crippen molar-refractivity contribution >= 4 is 5.91 Å². The zero-order valence-corrected chi connectivity index (χ0v) is 13.6. The summed E-state index contributed by atoms with van der Waals surface area (Å²) in [6.07, 6.45) is 0.786. The van der Waals surface area contributed by atoms with Gasteiger partial charge in [0.15, 0.2) is 0 Å². The molecule has 5 heteroatoms. The highest BCUT2D eigenvalue weighted by atomic mass is 16.5. The van der Waals surface area contributed by atoms with Crippen LogP contribution < -0.4 is 10.1 Å². The average Bonchev–Trinajstić information content (AvgIpc) is 2.56. The van der Waals surface area contributed by atoms with Gasteiger partial charge in [0.1, 0.15) is 0 Å². The van der Waals surface area contributed by atoms with Gasteiger partial charge in [-0.25, -0.2) is 4.98 Å². The molecule has 0 saturated carbocycles. The number of rotatable bonds is 3. The third-order valence-electron chi connectivity index (χ3n) is 3.89. The maximum absolute atomic E-state index is 12.5. The smallest absolute Gasteiger partial charge is 0.253 e. The first-order valence-electron chi connectivity index (χ1n) is 7.17. The summed E-state index contributed by atoms with van der Waals surface area (Å²) in [6.45, 7) is 9.90. The van der Waals surface area contributed by atoms with Crippen LogP contribution in [-0.4, -0.2) is 35.2 Å². The molecule has 0 aromatic carbocycles. The van der Waals surface area contributed by atoms with E-state index in [-0.39, 0.29) is 23.2 Å². The number of carbonyl (C=O) groups is 1. The van der Waals surface area contributed by atoms with E-state index >= 15 is 0 Å². The van der Waals surface area contributed by atoms with Crippen molar-refractivity contribution in [1.29, 1.82) is 0 Å². The number of hydrogen-bond acceptors (Lipinski definition) is 4. The summed E-state index contributed by atoms with van der Waals surface area (Å²) in [6, 6.07) is 3.41. The van der Waals surface area contributed by atoms with E-state index in [1.165, 1.54) is 0 Å². The first-order chi connectivity index (χ1) is 9.64. The number of hydrogen-bond donors (Lipinski definition) is 1. The third-order valence-corrected chi connectivity index (χ3v) is 3.89. The van der Waals surface area contributed by atoms with E-state index in [9.17, 15) is 4.79 Å². The number of amides is 1. The molecule has 1 aliphatic rings. The van der Waals surface area contributed by atoms with E-state index in [1.54, 1.807) is 26.2 Å². The molecule has 1 aliphatic heterocycles. The van der Waals surface area contributed by atoms with Gasteiger partial charge in [-0.1, -0.05) is 0 Å². The number of ether oxygens (including phenoxy) is 2. The molecule has 1 N–H and O–H groups in total. The van der Waals surface area contributed by atoms with Crippen molar-refractivity contribution in [3.05, 3.63) is 23.4 Å². The van der Waals surface area contributed by atoms with Gasteiger partial charge in [0.2, 0.25) is 5.88 Å². The SMILES string of the molecule is COc1ccc(C(=O)NC2CC(C)(C)OC2(C)C)c(C)n1. The average molecular weight is 292 g/mol. The Morgan fingerprint density at radius 2 is 2.05 bits per heavy atom. The molecular formula is C16H24N2O3. The molecule has 0 bridgehead atoms. The zero-order valence-electron chi connectivity index (χ0n) is 13.6. The second-order valence-corrected chi connectivity index (χ2v) is 6.68. The predicted molar refractivity (Wildman–Crippen MR) is 80.6 cm³/mol. The van der Waals surface area contributed by atoms with Crippen LogP contribution in [0.5, 0.6) is 5.88 Å². The van der Waals surface area contributed by atoms with Gasteiger partial charge >= 0.3 is 0 Å². The second kappa shape index (κ2) is 5.30. The Kier molecular flexibility index (Phi) is 3.97. The molecule has 1 fully saturated rings. The number of methoxy groups -OCH3 is 1. The predicted octanol–water partition coefficient (Wildman–Crippen LogP) is 2.47.